The molecule has 0 fully saturated rings. The van der Waals surface area contributed by atoms with Crippen LogP contribution in [0.1, 0.15) is 110 Å². The monoisotopic (exact) mass is 650 g/mol. The Morgan fingerprint density at radius 3 is 1.02 bits per heavy atom. The van der Waals surface area contributed by atoms with Gasteiger partial charge in [-0.2, -0.15) is 0 Å². The first-order valence-corrected chi connectivity index (χ1v) is 17.6. The van der Waals surface area contributed by atoms with Crippen LogP contribution in [0.4, 0.5) is 0 Å². The van der Waals surface area contributed by atoms with Crippen molar-refractivity contribution >= 4 is 11.9 Å². The second-order valence-corrected chi connectivity index (χ2v) is 11.0. The molecular formula is C34H66O11. The van der Waals surface area contributed by atoms with E-state index in [9.17, 15) is 9.59 Å². The van der Waals surface area contributed by atoms with Crippen LogP contribution in [0.3, 0.4) is 0 Å². The molecule has 1 N–H and O–H groups in total. The maximum atomic E-state index is 11.8. The number of rotatable bonds is 39. The Bertz CT molecular complexity index is 607. The molecule has 0 saturated heterocycles. The van der Waals surface area contributed by atoms with E-state index in [2.05, 4.69) is 6.92 Å². The third kappa shape index (κ3) is 40.6. The molecule has 0 aliphatic carbocycles. The van der Waals surface area contributed by atoms with E-state index in [-0.39, 0.29) is 25.8 Å². The van der Waals surface area contributed by atoms with E-state index < -0.39 is 5.97 Å². The van der Waals surface area contributed by atoms with Crippen LogP contribution in [0.25, 0.3) is 0 Å². The van der Waals surface area contributed by atoms with Crippen molar-refractivity contribution in [3.8, 4) is 0 Å². The predicted molar refractivity (Wildman–Crippen MR) is 174 cm³/mol. The fourth-order valence-electron chi connectivity index (χ4n) is 4.41. The van der Waals surface area contributed by atoms with Crippen molar-refractivity contribution in [3.05, 3.63) is 0 Å². The van der Waals surface area contributed by atoms with Gasteiger partial charge in [0.25, 0.3) is 0 Å². The molecule has 11 heteroatoms. The third-order valence-electron chi connectivity index (χ3n) is 6.93. The summed E-state index contributed by atoms with van der Waals surface area (Å²) in [7, 11) is 0. The van der Waals surface area contributed by atoms with Gasteiger partial charge in [-0.25, -0.2) is 4.79 Å². The van der Waals surface area contributed by atoms with Crippen molar-refractivity contribution in [2.45, 2.75) is 110 Å². The normalized spacial score (nSPS) is 11.3. The summed E-state index contributed by atoms with van der Waals surface area (Å²) in [5, 5.41) is 8.43. The number of ether oxygens (including phenoxy) is 8. The number of carboxylic acid groups (broad SMARTS) is 1. The summed E-state index contributed by atoms with van der Waals surface area (Å²) >= 11 is 0. The highest BCUT2D eigenvalue weighted by Crippen LogP contribution is 2.13. The lowest BCUT2D eigenvalue weighted by molar-refractivity contribution is -0.145. The Hall–Kier alpha value is -1.34. The molecule has 0 bridgehead atoms. The van der Waals surface area contributed by atoms with Crippen molar-refractivity contribution in [1.29, 1.82) is 0 Å². The topological polar surface area (TPSA) is 128 Å². The predicted octanol–water partition coefficient (Wildman–Crippen LogP) is 5.99. The number of hydrogen-bond acceptors (Lipinski definition) is 10. The Kier molecular flexibility index (Phi) is 37.7. The zero-order valence-electron chi connectivity index (χ0n) is 28.5. The Morgan fingerprint density at radius 2 is 0.689 bits per heavy atom. The molecule has 0 aromatic carbocycles. The second kappa shape index (κ2) is 38.8. The Labute approximate surface area is 273 Å². The Morgan fingerprint density at radius 1 is 0.400 bits per heavy atom. The lowest BCUT2D eigenvalue weighted by Gasteiger charge is -2.08. The molecule has 0 amide bonds. The molecule has 0 aromatic heterocycles. The van der Waals surface area contributed by atoms with Crippen LogP contribution in [0.2, 0.25) is 0 Å². The van der Waals surface area contributed by atoms with E-state index >= 15 is 0 Å². The zero-order chi connectivity index (χ0) is 32.7. The van der Waals surface area contributed by atoms with Gasteiger partial charge in [-0.05, 0) is 6.42 Å². The van der Waals surface area contributed by atoms with Crippen LogP contribution in [-0.4, -0.2) is 116 Å². The molecule has 0 aliphatic heterocycles. The second-order valence-electron chi connectivity index (χ2n) is 11.0. The molecule has 0 unspecified atom stereocenters. The summed E-state index contributed by atoms with van der Waals surface area (Å²) < 4.78 is 42.5. The van der Waals surface area contributed by atoms with Gasteiger partial charge in [-0.15, -0.1) is 0 Å². The molecule has 0 radical (unpaired) electrons. The van der Waals surface area contributed by atoms with Gasteiger partial charge in [0.2, 0.25) is 0 Å². The molecule has 45 heavy (non-hydrogen) atoms. The van der Waals surface area contributed by atoms with Crippen molar-refractivity contribution in [1.82, 2.24) is 0 Å². The molecule has 0 aromatic rings. The largest absolute Gasteiger partial charge is 0.480 e. The first-order chi connectivity index (χ1) is 22.2. The van der Waals surface area contributed by atoms with E-state index in [0.29, 0.717) is 85.7 Å². The molecule has 0 aliphatic rings. The molecule has 268 valence electrons. The van der Waals surface area contributed by atoms with E-state index in [1.807, 2.05) is 0 Å². The highest BCUT2D eigenvalue weighted by Gasteiger charge is 2.03. The van der Waals surface area contributed by atoms with Gasteiger partial charge in [0.15, 0.2) is 0 Å². The van der Waals surface area contributed by atoms with Crippen molar-refractivity contribution in [2.24, 2.45) is 0 Å². The number of carbonyl (C=O) groups excluding carboxylic acids is 1. The van der Waals surface area contributed by atoms with Crippen LogP contribution >= 0.6 is 0 Å². The van der Waals surface area contributed by atoms with Crippen LogP contribution in [0.5, 0.6) is 0 Å². The van der Waals surface area contributed by atoms with Crippen molar-refractivity contribution in [2.75, 3.05) is 99.1 Å². The molecule has 0 heterocycles. The van der Waals surface area contributed by atoms with Gasteiger partial charge in [-0.1, -0.05) is 96.8 Å². The van der Waals surface area contributed by atoms with E-state index in [1.165, 1.54) is 83.5 Å². The molecule has 0 atom stereocenters. The number of carbonyl (C=O) groups is 2. The van der Waals surface area contributed by atoms with Crippen LogP contribution < -0.4 is 0 Å². The van der Waals surface area contributed by atoms with Crippen LogP contribution in [0.15, 0.2) is 0 Å². The van der Waals surface area contributed by atoms with Gasteiger partial charge in [-0.3, -0.25) is 4.79 Å². The number of aliphatic carboxylic acids is 1. The smallest absolute Gasteiger partial charge is 0.329 e. The van der Waals surface area contributed by atoms with E-state index in [0.717, 1.165) is 12.8 Å². The summed E-state index contributed by atoms with van der Waals surface area (Å²) in [5.74, 6) is -1.13. The standard InChI is InChI=1S/C34H66O11/c1-2-3-4-5-6-7-8-9-10-11-12-13-14-15-16-17-34(37)45-31-30-43-27-26-41-23-22-39-19-18-38-20-21-40-24-25-42-28-29-44-32-33(35)36/h2-32H2,1H3,(H,35,36). The SMILES string of the molecule is CCCCCCCCCCCCCCCCCC(=O)OCCOCCOCCOCCOCCOCCOCCOCC(=O)O. The quantitative estimate of drug-likeness (QED) is 0.0622. The average Bonchev–Trinajstić information content (AvgIpc) is 3.03. The van der Waals surface area contributed by atoms with Crippen LogP contribution in [-0.2, 0) is 47.5 Å². The summed E-state index contributed by atoms with van der Waals surface area (Å²) in [5.41, 5.74) is 0. The number of carboxylic acids is 1. The van der Waals surface area contributed by atoms with Crippen molar-refractivity contribution in [3.63, 3.8) is 0 Å². The molecular weight excluding hydrogens is 584 g/mol. The lowest BCUT2D eigenvalue weighted by atomic mass is 10.0. The maximum absolute atomic E-state index is 11.8. The summed E-state index contributed by atoms with van der Waals surface area (Å²) in [6.07, 6.45) is 20.2. The first kappa shape index (κ1) is 43.7. The van der Waals surface area contributed by atoms with Gasteiger partial charge >= 0.3 is 11.9 Å². The number of hydrogen-bond donors (Lipinski definition) is 1. The molecule has 0 rings (SSSR count). The fourth-order valence-corrected chi connectivity index (χ4v) is 4.41. The van der Waals surface area contributed by atoms with Gasteiger partial charge in [0.1, 0.15) is 13.2 Å². The minimum Gasteiger partial charge on any atom is -0.480 e. The van der Waals surface area contributed by atoms with Gasteiger partial charge < -0.3 is 43.0 Å². The molecule has 0 saturated carbocycles. The lowest BCUT2D eigenvalue weighted by Crippen LogP contribution is -2.15. The minimum atomic E-state index is -0.994. The first-order valence-electron chi connectivity index (χ1n) is 17.6. The third-order valence-corrected chi connectivity index (χ3v) is 6.93. The van der Waals surface area contributed by atoms with Gasteiger partial charge in [0, 0.05) is 6.42 Å². The number of esters is 1. The number of unbranched alkanes of at least 4 members (excludes halogenated alkanes) is 14. The summed E-state index contributed by atoms with van der Waals surface area (Å²) in [6, 6.07) is 0. The zero-order valence-corrected chi connectivity index (χ0v) is 28.5. The summed E-state index contributed by atoms with van der Waals surface area (Å²) in [4.78, 5) is 22.1. The average molecular weight is 651 g/mol. The van der Waals surface area contributed by atoms with Gasteiger partial charge in [0.05, 0.1) is 85.9 Å². The van der Waals surface area contributed by atoms with E-state index in [4.69, 9.17) is 43.0 Å². The molecule has 0 spiro atoms. The Balaban J connectivity index is 3.14. The fraction of sp³-hybridized carbons (Fsp3) is 0.941. The minimum absolute atomic E-state index is 0.137. The maximum Gasteiger partial charge on any atom is 0.329 e. The van der Waals surface area contributed by atoms with E-state index in [1.54, 1.807) is 0 Å². The van der Waals surface area contributed by atoms with Crippen molar-refractivity contribution < 1.29 is 52.6 Å². The highest BCUT2D eigenvalue weighted by molar-refractivity contribution is 5.69. The molecule has 11 nitrogen and oxygen atoms in total. The van der Waals surface area contributed by atoms with Crippen LogP contribution in [0, 0.1) is 0 Å². The summed E-state index contributed by atoms with van der Waals surface area (Å²) in [6.45, 7) is 7.77. The highest BCUT2D eigenvalue weighted by atomic mass is 16.6.